The Balaban J connectivity index is 2.79. The Labute approximate surface area is 114 Å². The van der Waals surface area contributed by atoms with Crippen LogP contribution in [0.4, 0.5) is 8.78 Å². The van der Waals surface area contributed by atoms with E-state index in [1.807, 2.05) is 0 Å². The van der Waals surface area contributed by atoms with Crippen molar-refractivity contribution in [3.63, 3.8) is 0 Å². The Morgan fingerprint density at radius 3 is 2.35 bits per heavy atom. The summed E-state index contributed by atoms with van der Waals surface area (Å²) in [6.45, 7) is 1.53. The van der Waals surface area contributed by atoms with Gasteiger partial charge in [-0.2, -0.15) is 0 Å². The Hall–Kier alpha value is -1.83. The summed E-state index contributed by atoms with van der Waals surface area (Å²) in [5.41, 5.74) is -0.281. The fourth-order valence-electron chi connectivity index (χ4n) is 1.39. The Morgan fingerprint density at radius 2 is 1.80 bits per heavy atom. The number of ketones is 1. The molecule has 0 N–H and O–H groups in total. The number of esters is 1. The first-order chi connectivity index (χ1) is 9.25. The standard InChI is InChI=1S/C12H12F2O5S/c1-2-19-12(16)7-20(17,18)6-11(15)8-3-4-9(13)10(14)5-8/h3-5H,2,6-7H2,1H3. The highest BCUT2D eigenvalue weighted by Crippen LogP contribution is 2.10. The molecule has 0 atom stereocenters. The minimum Gasteiger partial charge on any atom is -0.465 e. The minimum absolute atomic E-state index is 0.0193. The smallest absolute Gasteiger partial charge is 0.321 e. The van der Waals surface area contributed by atoms with E-state index in [2.05, 4.69) is 4.74 Å². The van der Waals surface area contributed by atoms with Crippen LogP contribution in [-0.2, 0) is 19.4 Å². The van der Waals surface area contributed by atoms with Crippen molar-refractivity contribution < 1.29 is 31.5 Å². The van der Waals surface area contributed by atoms with E-state index in [1.54, 1.807) is 0 Å². The number of hydrogen-bond donors (Lipinski definition) is 0. The van der Waals surface area contributed by atoms with E-state index in [4.69, 9.17) is 0 Å². The molecule has 110 valence electrons. The summed E-state index contributed by atoms with van der Waals surface area (Å²) in [4.78, 5) is 22.7. The van der Waals surface area contributed by atoms with Gasteiger partial charge in [0.1, 0.15) is 11.5 Å². The van der Waals surface area contributed by atoms with Crippen LogP contribution in [0, 0.1) is 11.6 Å². The van der Waals surface area contributed by atoms with Crippen molar-refractivity contribution >= 4 is 21.6 Å². The van der Waals surface area contributed by atoms with Gasteiger partial charge in [0.25, 0.3) is 0 Å². The largest absolute Gasteiger partial charge is 0.465 e. The van der Waals surface area contributed by atoms with E-state index < -0.39 is 44.7 Å². The van der Waals surface area contributed by atoms with Crippen LogP contribution in [-0.4, -0.2) is 38.3 Å². The minimum atomic E-state index is -4.01. The van der Waals surface area contributed by atoms with Crippen molar-refractivity contribution in [2.75, 3.05) is 18.1 Å². The van der Waals surface area contributed by atoms with Crippen LogP contribution in [0.5, 0.6) is 0 Å². The van der Waals surface area contributed by atoms with E-state index in [9.17, 15) is 26.8 Å². The second kappa shape index (κ2) is 6.56. The predicted molar refractivity (Wildman–Crippen MR) is 66.0 cm³/mol. The zero-order valence-electron chi connectivity index (χ0n) is 10.6. The number of halogens is 2. The van der Waals surface area contributed by atoms with Gasteiger partial charge >= 0.3 is 5.97 Å². The molecule has 0 aromatic heterocycles. The molecule has 5 nitrogen and oxygen atoms in total. The zero-order valence-corrected chi connectivity index (χ0v) is 11.4. The molecular formula is C12H12F2O5S. The van der Waals surface area contributed by atoms with Gasteiger partial charge in [-0.05, 0) is 25.1 Å². The number of ether oxygens (including phenoxy) is 1. The van der Waals surface area contributed by atoms with Gasteiger partial charge in [0.2, 0.25) is 0 Å². The van der Waals surface area contributed by atoms with E-state index in [-0.39, 0.29) is 12.2 Å². The molecule has 20 heavy (non-hydrogen) atoms. The Bertz CT molecular complexity index is 625. The van der Waals surface area contributed by atoms with Crippen LogP contribution in [0.25, 0.3) is 0 Å². The molecule has 1 aromatic rings. The number of sulfone groups is 1. The summed E-state index contributed by atoms with van der Waals surface area (Å²) >= 11 is 0. The quantitative estimate of drug-likeness (QED) is 0.581. The molecule has 0 unspecified atom stereocenters. The predicted octanol–water partition coefficient (Wildman–Crippen LogP) is 1.13. The van der Waals surface area contributed by atoms with Crippen LogP contribution in [0.15, 0.2) is 18.2 Å². The topological polar surface area (TPSA) is 77.5 Å². The number of rotatable bonds is 6. The van der Waals surface area contributed by atoms with E-state index in [0.717, 1.165) is 12.1 Å². The summed E-state index contributed by atoms with van der Waals surface area (Å²) in [6.07, 6.45) is 0. The van der Waals surface area contributed by atoms with Crippen molar-refractivity contribution in [2.45, 2.75) is 6.92 Å². The lowest BCUT2D eigenvalue weighted by Crippen LogP contribution is -2.25. The third kappa shape index (κ3) is 4.69. The molecule has 0 heterocycles. The zero-order chi connectivity index (χ0) is 15.3. The van der Waals surface area contributed by atoms with Gasteiger partial charge in [-0.25, -0.2) is 17.2 Å². The maximum Gasteiger partial charge on any atom is 0.321 e. The number of Topliss-reactive ketones (excluding diaryl/α,β-unsaturated/α-hetero) is 1. The van der Waals surface area contributed by atoms with Crippen molar-refractivity contribution in [1.82, 2.24) is 0 Å². The molecule has 0 saturated carbocycles. The molecule has 0 spiro atoms. The summed E-state index contributed by atoms with van der Waals surface area (Å²) < 4.78 is 53.2. The van der Waals surface area contributed by atoms with Gasteiger partial charge in [0.05, 0.1) is 6.61 Å². The van der Waals surface area contributed by atoms with Gasteiger partial charge in [0, 0.05) is 5.56 Å². The van der Waals surface area contributed by atoms with Crippen LogP contribution < -0.4 is 0 Å². The van der Waals surface area contributed by atoms with Crippen LogP contribution in [0.2, 0.25) is 0 Å². The third-order valence-corrected chi connectivity index (χ3v) is 3.61. The summed E-state index contributed by atoms with van der Waals surface area (Å²) in [7, 11) is -4.01. The van der Waals surface area contributed by atoms with Crippen molar-refractivity contribution in [3.05, 3.63) is 35.4 Å². The maximum atomic E-state index is 12.9. The molecule has 1 aromatic carbocycles. The maximum absolute atomic E-state index is 12.9. The lowest BCUT2D eigenvalue weighted by atomic mass is 10.1. The fraction of sp³-hybridized carbons (Fsp3) is 0.333. The highest BCUT2D eigenvalue weighted by molar-refractivity contribution is 7.92. The molecular weight excluding hydrogens is 294 g/mol. The molecule has 0 aliphatic rings. The third-order valence-electron chi connectivity index (χ3n) is 2.24. The first-order valence-electron chi connectivity index (χ1n) is 5.59. The van der Waals surface area contributed by atoms with E-state index in [0.29, 0.717) is 6.07 Å². The normalized spacial score (nSPS) is 11.2. The lowest BCUT2D eigenvalue weighted by Gasteiger charge is -2.04. The molecule has 0 aliphatic heterocycles. The van der Waals surface area contributed by atoms with Crippen LogP contribution in [0.3, 0.4) is 0 Å². The number of carbonyl (C=O) groups excluding carboxylic acids is 2. The molecule has 1 rings (SSSR count). The fourth-order valence-corrected chi connectivity index (χ4v) is 2.50. The van der Waals surface area contributed by atoms with Gasteiger partial charge in [0.15, 0.2) is 27.3 Å². The Kier molecular flexibility index (Phi) is 5.32. The van der Waals surface area contributed by atoms with Gasteiger partial charge in [-0.15, -0.1) is 0 Å². The second-order valence-electron chi connectivity index (χ2n) is 3.89. The van der Waals surface area contributed by atoms with Gasteiger partial charge in [-0.3, -0.25) is 9.59 Å². The van der Waals surface area contributed by atoms with Crippen LogP contribution >= 0.6 is 0 Å². The first kappa shape index (κ1) is 16.2. The summed E-state index contributed by atoms with van der Waals surface area (Å²) in [5.74, 6) is -6.19. The van der Waals surface area contributed by atoms with Crippen molar-refractivity contribution in [1.29, 1.82) is 0 Å². The number of hydrogen-bond acceptors (Lipinski definition) is 5. The lowest BCUT2D eigenvalue weighted by molar-refractivity contribution is -0.139. The molecule has 0 bridgehead atoms. The van der Waals surface area contributed by atoms with Crippen LogP contribution in [0.1, 0.15) is 17.3 Å². The molecule has 0 amide bonds. The summed E-state index contributed by atoms with van der Waals surface area (Å²) in [5, 5.41) is 0. The van der Waals surface area contributed by atoms with Crippen molar-refractivity contribution in [2.24, 2.45) is 0 Å². The van der Waals surface area contributed by atoms with E-state index >= 15 is 0 Å². The van der Waals surface area contributed by atoms with Crippen molar-refractivity contribution in [3.8, 4) is 0 Å². The average molecular weight is 306 g/mol. The Morgan fingerprint density at radius 1 is 1.15 bits per heavy atom. The number of carbonyl (C=O) groups is 2. The molecule has 0 radical (unpaired) electrons. The molecule has 0 saturated heterocycles. The summed E-state index contributed by atoms with van der Waals surface area (Å²) in [6, 6.07) is 2.30. The molecule has 0 fully saturated rings. The highest BCUT2D eigenvalue weighted by Gasteiger charge is 2.23. The first-order valence-corrected chi connectivity index (χ1v) is 7.41. The molecule has 0 aliphatic carbocycles. The monoisotopic (exact) mass is 306 g/mol. The highest BCUT2D eigenvalue weighted by atomic mass is 32.2. The number of benzene rings is 1. The second-order valence-corrected chi connectivity index (χ2v) is 5.95. The SMILES string of the molecule is CCOC(=O)CS(=O)(=O)CC(=O)c1ccc(F)c(F)c1. The average Bonchev–Trinajstić information content (AvgIpc) is 2.31. The molecule has 8 heteroatoms. The van der Waals surface area contributed by atoms with E-state index in [1.165, 1.54) is 6.92 Å². The van der Waals surface area contributed by atoms with Gasteiger partial charge < -0.3 is 4.74 Å². The van der Waals surface area contributed by atoms with Gasteiger partial charge in [-0.1, -0.05) is 0 Å².